The predicted molar refractivity (Wildman–Crippen MR) is 134 cm³/mol. The minimum atomic E-state index is -0.795. The molecule has 0 saturated carbocycles. The van der Waals surface area contributed by atoms with E-state index in [4.69, 9.17) is 21.1 Å². The summed E-state index contributed by atoms with van der Waals surface area (Å²) in [4.78, 5) is 35.0. The van der Waals surface area contributed by atoms with E-state index in [9.17, 15) is 29.4 Å². The molecule has 3 aromatic rings. The molecule has 0 unspecified atom stereocenters. The van der Waals surface area contributed by atoms with Crippen LogP contribution >= 0.6 is 11.6 Å². The first kappa shape index (κ1) is 26.7. The number of nitrogens with one attached hydrogen (secondary N) is 2. The van der Waals surface area contributed by atoms with Gasteiger partial charge in [-0.2, -0.15) is 5.26 Å². The number of amides is 2. The number of rotatable bonds is 9. The van der Waals surface area contributed by atoms with Gasteiger partial charge in [0.2, 0.25) is 0 Å². The molecule has 0 aromatic heterocycles. The van der Waals surface area contributed by atoms with Crippen molar-refractivity contribution in [3.8, 4) is 17.6 Å². The number of benzene rings is 3. The van der Waals surface area contributed by atoms with Crippen molar-refractivity contribution in [2.75, 3.05) is 24.4 Å². The Balaban J connectivity index is 1.74. The van der Waals surface area contributed by atoms with Gasteiger partial charge in [-0.1, -0.05) is 17.7 Å². The number of nitro benzene ring substituents is 1. The van der Waals surface area contributed by atoms with Crippen molar-refractivity contribution in [3.05, 3.63) is 92.8 Å². The number of hydrogen-bond acceptors (Lipinski definition) is 7. The molecule has 0 aliphatic heterocycles. The second-order valence-electron chi connectivity index (χ2n) is 7.31. The molecule has 0 spiro atoms. The normalized spacial score (nSPS) is 10.7. The zero-order chi connectivity index (χ0) is 26.9. The summed E-state index contributed by atoms with van der Waals surface area (Å²) >= 11 is 6.30. The minimum Gasteiger partial charge on any atom is -0.493 e. The van der Waals surface area contributed by atoms with Crippen molar-refractivity contribution in [1.82, 2.24) is 0 Å². The van der Waals surface area contributed by atoms with Crippen molar-refractivity contribution in [1.29, 1.82) is 5.26 Å². The average molecular weight is 525 g/mol. The SMILES string of the molecule is COc1cc(/C=C(/C#N)C(=O)Nc2cccc([N+](=O)[O-])c2)cc(Cl)c1OCC(=O)Nc1ccc(F)cc1. The molecule has 0 saturated heterocycles. The maximum atomic E-state index is 13.0. The van der Waals surface area contributed by atoms with Gasteiger partial charge in [-0.05, 0) is 54.1 Å². The van der Waals surface area contributed by atoms with Gasteiger partial charge < -0.3 is 20.1 Å². The van der Waals surface area contributed by atoms with Crippen LogP contribution in [-0.2, 0) is 9.59 Å². The molecule has 2 N–H and O–H groups in total. The first-order chi connectivity index (χ1) is 17.7. The zero-order valence-electron chi connectivity index (χ0n) is 19.2. The molecule has 3 rings (SSSR count). The maximum absolute atomic E-state index is 13.0. The molecule has 10 nitrogen and oxygen atoms in total. The van der Waals surface area contributed by atoms with E-state index in [1.54, 1.807) is 6.07 Å². The third-order valence-electron chi connectivity index (χ3n) is 4.72. The van der Waals surface area contributed by atoms with E-state index in [0.29, 0.717) is 11.3 Å². The lowest BCUT2D eigenvalue weighted by Crippen LogP contribution is -2.20. The molecule has 0 fully saturated rings. The van der Waals surface area contributed by atoms with E-state index in [1.807, 2.05) is 0 Å². The Morgan fingerprint density at radius 2 is 1.86 bits per heavy atom. The summed E-state index contributed by atoms with van der Waals surface area (Å²) in [6.45, 7) is -0.433. The number of nitriles is 1. The Hall–Kier alpha value is -4.95. The fourth-order valence-electron chi connectivity index (χ4n) is 3.04. The standard InChI is InChI=1S/C25H18ClFN4O6/c1-36-22-11-15(9-16(13-28)25(33)30-19-3-2-4-20(12-19)31(34)35)10-21(26)24(22)37-14-23(32)29-18-7-5-17(27)6-8-18/h2-12H,14H2,1H3,(H,29,32)(H,30,33)/b16-9-. The molecule has 188 valence electrons. The van der Waals surface area contributed by atoms with E-state index < -0.39 is 29.2 Å². The largest absolute Gasteiger partial charge is 0.493 e. The quantitative estimate of drug-likeness (QED) is 0.174. The van der Waals surface area contributed by atoms with Crippen LogP contribution < -0.4 is 20.1 Å². The van der Waals surface area contributed by atoms with Gasteiger partial charge in [0.1, 0.15) is 17.5 Å². The number of non-ortho nitro benzene ring substituents is 1. The van der Waals surface area contributed by atoms with E-state index >= 15 is 0 Å². The van der Waals surface area contributed by atoms with Crippen molar-refractivity contribution in [2.24, 2.45) is 0 Å². The highest BCUT2D eigenvalue weighted by atomic mass is 35.5. The predicted octanol–water partition coefficient (Wildman–Crippen LogP) is 4.96. The monoisotopic (exact) mass is 524 g/mol. The van der Waals surface area contributed by atoms with Gasteiger partial charge in [0, 0.05) is 23.5 Å². The van der Waals surface area contributed by atoms with Crippen molar-refractivity contribution >= 4 is 46.6 Å². The molecule has 2 amide bonds. The Labute approximate surface area is 215 Å². The van der Waals surface area contributed by atoms with E-state index in [-0.39, 0.29) is 33.5 Å². The number of halogens is 2. The van der Waals surface area contributed by atoms with Crippen LogP contribution in [0.2, 0.25) is 5.02 Å². The van der Waals surface area contributed by atoms with Gasteiger partial charge in [0.05, 0.1) is 17.1 Å². The number of methoxy groups -OCH3 is 1. The summed E-state index contributed by atoms with van der Waals surface area (Å²) in [5.41, 5.74) is 0.297. The van der Waals surface area contributed by atoms with E-state index in [0.717, 1.165) is 6.07 Å². The molecule has 0 aliphatic carbocycles. The lowest BCUT2D eigenvalue weighted by atomic mass is 10.1. The fourth-order valence-corrected chi connectivity index (χ4v) is 3.32. The van der Waals surface area contributed by atoms with Gasteiger partial charge >= 0.3 is 0 Å². The van der Waals surface area contributed by atoms with Crippen LogP contribution in [0.25, 0.3) is 6.08 Å². The minimum absolute atomic E-state index is 0.0385. The Morgan fingerprint density at radius 1 is 1.14 bits per heavy atom. The van der Waals surface area contributed by atoms with Gasteiger partial charge in [-0.15, -0.1) is 0 Å². The van der Waals surface area contributed by atoms with Crippen LogP contribution in [0.4, 0.5) is 21.5 Å². The van der Waals surface area contributed by atoms with Gasteiger partial charge in [-0.25, -0.2) is 4.39 Å². The lowest BCUT2D eigenvalue weighted by molar-refractivity contribution is -0.384. The summed E-state index contributed by atoms with van der Waals surface area (Å²) < 4.78 is 23.8. The topological polar surface area (TPSA) is 144 Å². The number of ether oxygens (including phenoxy) is 2. The molecule has 0 aliphatic rings. The second kappa shape index (κ2) is 12.1. The highest BCUT2D eigenvalue weighted by Gasteiger charge is 2.16. The number of anilines is 2. The molecular formula is C25H18ClFN4O6. The fraction of sp³-hybridized carbons (Fsp3) is 0.0800. The Kier molecular flexibility index (Phi) is 8.75. The molecular weight excluding hydrogens is 507 g/mol. The molecule has 0 heterocycles. The van der Waals surface area contributed by atoms with Crippen LogP contribution in [-0.4, -0.2) is 30.5 Å². The molecule has 0 bridgehead atoms. The van der Waals surface area contributed by atoms with Crippen molar-refractivity contribution in [2.45, 2.75) is 0 Å². The summed E-state index contributed by atoms with van der Waals surface area (Å²) in [5.74, 6) is -1.59. The van der Waals surface area contributed by atoms with Crippen LogP contribution in [0, 0.1) is 27.3 Å². The van der Waals surface area contributed by atoms with Crippen LogP contribution in [0.1, 0.15) is 5.56 Å². The van der Waals surface area contributed by atoms with Crippen LogP contribution in [0.3, 0.4) is 0 Å². The van der Waals surface area contributed by atoms with E-state index in [2.05, 4.69) is 10.6 Å². The first-order valence-corrected chi connectivity index (χ1v) is 10.8. The van der Waals surface area contributed by atoms with Crippen LogP contribution in [0.15, 0.2) is 66.2 Å². The highest BCUT2D eigenvalue weighted by molar-refractivity contribution is 6.32. The molecule has 0 atom stereocenters. The molecule has 0 radical (unpaired) electrons. The van der Waals surface area contributed by atoms with Crippen molar-refractivity contribution in [3.63, 3.8) is 0 Å². The summed E-state index contributed by atoms with van der Waals surface area (Å²) in [6.07, 6.45) is 1.24. The third kappa shape index (κ3) is 7.27. The Bertz CT molecular complexity index is 1420. The van der Waals surface area contributed by atoms with Gasteiger partial charge in [0.15, 0.2) is 18.1 Å². The highest BCUT2D eigenvalue weighted by Crippen LogP contribution is 2.37. The first-order valence-electron chi connectivity index (χ1n) is 10.4. The summed E-state index contributed by atoms with van der Waals surface area (Å²) in [6, 6.07) is 15.0. The average Bonchev–Trinajstić information content (AvgIpc) is 2.87. The number of carbonyl (C=O) groups is 2. The Morgan fingerprint density at radius 3 is 2.51 bits per heavy atom. The van der Waals surface area contributed by atoms with Crippen molar-refractivity contribution < 1.29 is 28.4 Å². The van der Waals surface area contributed by atoms with E-state index in [1.165, 1.54) is 67.8 Å². The zero-order valence-corrected chi connectivity index (χ0v) is 19.9. The van der Waals surface area contributed by atoms with Gasteiger partial charge in [-0.3, -0.25) is 19.7 Å². The number of carbonyl (C=O) groups excluding carboxylic acids is 2. The number of nitrogens with zero attached hydrogens (tertiary/aromatic N) is 2. The summed E-state index contributed by atoms with van der Waals surface area (Å²) in [5, 5.41) is 25.4. The smallest absolute Gasteiger partial charge is 0.271 e. The van der Waals surface area contributed by atoms with Gasteiger partial charge in [0.25, 0.3) is 17.5 Å². The lowest BCUT2D eigenvalue weighted by Gasteiger charge is -2.13. The molecule has 3 aromatic carbocycles. The molecule has 37 heavy (non-hydrogen) atoms. The number of hydrogen-bond donors (Lipinski definition) is 2. The summed E-state index contributed by atoms with van der Waals surface area (Å²) in [7, 11) is 1.34. The maximum Gasteiger partial charge on any atom is 0.271 e. The van der Waals surface area contributed by atoms with Crippen LogP contribution in [0.5, 0.6) is 11.5 Å². The number of nitro groups is 1. The third-order valence-corrected chi connectivity index (χ3v) is 5.00. The molecule has 12 heteroatoms. The second-order valence-corrected chi connectivity index (χ2v) is 7.72.